The average molecular weight is 436 g/mol. The van der Waals surface area contributed by atoms with E-state index in [1.165, 1.54) is 75.6 Å². The van der Waals surface area contributed by atoms with E-state index < -0.39 is 17.6 Å². The molecule has 0 radical (unpaired) electrons. The maximum Gasteiger partial charge on any atom is 0.416 e. The highest BCUT2D eigenvalue weighted by molar-refractivity contribution is 5.27. The Morgan fingerprint density at radius 2 is 1.32 bits per heavy atom. The summed E-state index contributed by atoms with van der Waals surface area (Å²) in [5.41, 5.74) is 0.486. The molecule has 0 amide bonds. The van der Waals surface area contributed by atoms with E-state index in [1.807, 2.05) is 0 Å². The number of alkyl halides is 3. The van der Waals surface area contributed by atoms with Crippen LogP contribution in [0.5, 0.6) is 0 Å². The lowest BCUT2D eigenvalue weighted by atomic mass is 9.74. The lowest BCUT2D eigenvalue weighted by molar-refractivity contribution is -0.137. The second-order valence-corrected chi connectivity index (χ2v) is 9.54. The Morgan fingerprint density at radius 3 is 1.81 bits per heavy atom. The second-order valence-electron chi connectivity index (χ2n) is 9.54. The minimum atomic E-state index is -4.26. The van der Waals surface area contributed by atoms with Crippen LogP contribution in [0.25, 0.3) is 0 Å². The molecular formula is C26H33F4N. The highest BCUT2D eigenvalue weighted by Crippen LogP contribution is 2.41. The minimum absolute atomic E-state index is 0.397. The molecule has 5 heteroatoms. The van der Waals surface area contributed by atoms with Crippen molar-refractivity contribution in [2.24, 2.45) is 17.8 Å². The molecule has 1 aromatic rings. The van der Waals surface area contributed by atoms with Crippen molar-refractivity contribution in [1.82, 2.24) is 0 Å². The van der Waals surface area contributed by atoms with Crippen molar-refractivity contribution in [3.8, 4) is 6.07 Å². The number of nitrogens with zero attached hydrogens (tertiary/aromatic N) is 1. The van der Waals surface area contributed by atoms with Gasteiger partial charge in [-0.3, -0.25) is 0 Å². The highest BCUT2D eigenvalue weighted by atomic mass is 19.4. The Morgan fingerprint density at radius 1 is 0.839 bits per heavy atom. The summed E-state index contributed by atoms with van der Waals surface area (Å²) < 4.78 is 51.1. The van der Waals surface area contributed by atoms with E-state index in [9.17, 15) is 17.6 Å². The number of nitriles is 1. The van der Waals surface area contributed by atoms with Gasteiger partial charge in [0.1, 0.15) is 6.07 Å². The molecule has 170 valence electrons. The second kappa shape index (κ2) is 11.2. The van der Waals surface area contributed by atoms with Gasteiger partial charge in [0.05, 0.1) is 5.56 Å². The first-order valence-electron chi connectivity index (χ1n) is 11.8. The zero-order valence-corrected chi connectivity index (χ0v) is 18.1. The molecule has 1 aromatic carbocycles. The minimum Gasteiger partial charge on any atom is -0.195 e. The number of rotatable bonds is 7. The molecule has 0 atom stereocenters. The van der Waals surface area contributed by atoms with Crippen LogP contribution in [0.3, 0.4) is 0 Å². The van der Waals surface area contributed by atoms with Gasteiger partial charge < -0.3 is 0 Å². The number of halogens is 4. The zero-order valence-electron chi connectivity index (χ0n) is 18.1. The van der Waals surface area contributed by atoms with Crippen molar-refractivity contribution in [3.63, 3.8) is 0 Å². The summed E-state index contributed by atoms with van der Waals surface area (Å²) in [6, 6.07) is 7.29. The van der Waals surface area contributed by atoms with Crippen molar-refractivity contribution in [2.45, 2.75) is 89.1 Å². The van der Waals surface area contributed by atoms with Gasteiger partial charge in [-0.25, -0.2) is 0 Å². The molecule has 31 heavy (non-hydrogen) atoms. The molecule has 0 heterocycles. The van der Waals surface area contributed by atoms with Gasteiger partial charge in [-0.2, -0.15) is 22.8 Å². The third-order valence-corrected chi connectivity index (χ3v) is 7.51. The summed E-state index contributed by atoms with van der Waals surface area (Å²) >= 11 is 0. The van der Waals surface area contributed by atoms with Crippen LogP contribution < -0.4 is 0 Å². The Hall–Kier alpha value is -1.83. The molecule has 3 rings (SSSR count). The third kappa shape index (κ3) is 7.37. The summed E-state index contributed by atoms with van der Waals surface area (Å²) in [7, 11) is 0. The molecule has 0 spiro atoms. The summed E-state index contributed by atoms with van der Waals surface area (Å²) in [4.78, 5) is 0. The molecule has 0 N–H and O–H groups in total. The van der Waals surface area contributed by atoms with Crippen LogP contribution in [-0.4, -0.2) is 0 Å². The lowest BCUT2D eigenvalue weighted by Gasteiger charge is -2.32. The van der Waals surface area contributed by atoms with Gasteiger partial charge in [-0.05, 0) is 86.0 Å². The van der Waals surface area contributed by atoms with Gasteiger partial charge in [0.25, 0.3) is 0 Å². The van der Waals surface area contributed by atoms with Gasteiger partial charge in [0.15, 0.2) is 5.83 Å². The molecule has 0 bridgehead atoms. The summed E-state index contributed by atoms with van der Waals surface area (Å²) in [5, 5.41) is 8.45. The van der Waals surface area contributed by atoms with Crippen LogP contribution in [0.15, 0.2) is 36.2 Å². The molecule has 1 nitrogen and oxygen atoms in total. The Balaban J connectivity index is 1.33. The Kier molecular flexibility index (Phi) is 8.58. The predicted octanol–water partition coefficient (Wildman–Crippen LogP) is 8.72. The molecular weight excluding hydrogens is 402 g/mol. The maximum absolute atomic E-state index is 12.9. The summed E-state index contributed by atoms with van der Waals surface area (Å²) in [6.07, 6.45) is 10.8. The van der Waals surface area contributed by atoms with E-state index in [-0.39, 0.29) is 0 Å². The lowest BCUT2D eigenvalue weighted by Crippen LogP contribution is -2.18. The summed E-state index contributed by atoms with van der Waals surface area (Å²) in [5.74, 6) is 1.95. The Labute approximate surface area is 183 Å². The highest BCUT2D eigenvalue weighted by Gasteiger charge is 2.31. The van der Waals surface area contributed by atoms with E-state index >= 15 is 0 Å². The van der Waals surface area contributed by atoms with Crippen molar-refractivity contribution in [2.75, 3.05) is 0 Å². The molecule has 0 aliphatic heterocycles. The van der Waals surface area contributed by atoms with E-state index in [2.05, 4.69) is 0 Å². The predicted molar refractivity (Wildman–Crippen MR) is 115 cm³/mol. The standard InChI is InChI=1S/C26H33F4N/c27-25(18-31)3-1-2-19-4-6-20(7-5-19)8-9-21-10-12-22(13-11-21)23-14-16-24(17-15-23)26(28,29)30/h3,14-17,19-22H,1-2,4-13H2/b25-3-/t19-,20-,21-,22-. The van der Waals surface area contributed by atoms with Crippen LogP contribution in [0.1, 0.15) is 94.1 Å². The smallest absolute Gasteiger partial charge is 0.195 e. The van der Waals surface area contributed by atoms with Crippen LogP contribution >= 0.6 is 0 Å². The molecule has 0 unspecified atom stereocenters. The zero-order chi connectivity index (χ0) is 22.3. The molecule has 0 aromatic heterocycles. The van der Waals surface area contributed by atoms with E-state index in [4.69, 9.17) is 5.26 Å². The van der Waals surface area contributed by atoms with Crippen molar-refractivity contribution in [1.29, 1.82) is 5.26 Å². The molecule has 2 aliphatic carbocycles. The normalized spacial score (nSPS) is 27.6. The number of allylic oxidation sites excluding steroid dienone is 2. The SMILES string of the molecule is N#C/C(F)=C/CC[C@H]1CC[C@H](CC[C@H]2CC[C@H](c3ccc(C(F)(F)F)cc3)CC2)CC1. The van der Waals surface area contributed by atoms with Crippen LogP contribution in [0.2, 0.25) is 0 Å². The Bertz CT molecular complexity index is 743. The largest absolute Gasteiger partial charge is 0.416 e. The van der Waals surface area contributed by atoms with E-state index in [0.29, 0.717) is 18.3 Å². The quantitative estimate of drug-likeness (QED) is 0.310. The first-order valence-corrected chi connectivity index (χ1v) is 11.8. The van der Waals surface area contributed by atoms with Crippen LogP contribution in [0, 0.1) is 29.1 Å². The third-order valence-electron chi connectivity index (χ3n) is 7.51. The van der Waals surface area contributed by atoms with Crippen molar-refractivity contribution in [3.05, 3.63) is 47.3 Å². The topological polar surface area (TPSA) is 23.8 Å². The van der Waals surface area contributed by atoms with Crippen molar-refractivity contribution < 1.29 is 17.6 Å². The van der Waals surface area contributed by atoms with Gasteiger partial charge in [-0.1, -0.05) is 50.7 Å². The van der Waals surface area contributed by atoms with Crippen LogP contribution in [0.4, 0.5) is 17.6 Å². The van der Waals surface area contributed by atoms with E-state index in [1.54, 1.807) is 12.1 Å². The van der Waals surface area contributed by atoms with Gasteiger partial charge >= 0.3 is 6.18 Å². The van der Waals surface area contributed by atoms with E-state index in [0.717, 1.165) is 36.7 Å². The molecule has 2 saturated carbocycles. The fourth-order valence-corrected chi connectivity index (χ4v) is 5.50. The van der Waals surface area contributed by atoms with Gasteiger partial charge in [0, 0.05) is 0 Å². The molecule has 2 aliphatic rings. The van der Waals surface area contributed by atoms with Gasteiger partial charge in [0.2, 0.25) is 0 Å². The number of benzene rings is 1. The number of hydrogen-bond donors (Lipinski definition) is 0. The summed E-state index contributed by atoms with van der Waals surface area (Å²) in [6.45, 7) is 0. The van der Waals surface area contributed by atoms with Gasteiger partial charge in [-0.15, -0.1) is 0 Å². The first-order chi connectivity index (χ1) is 14.8. The first kappa shape index (κ1) is 23.8. The fraction of sp³-hybridized carbons (Fsp3) is 0.654. The molecule has 2 fully saturated rings. The number of hydrogen-bond acceptors (Lipinski definition) is 1. The fourth-order valence-electron chi connectivity index (χ4n) is 5.50. The average Bonchev–Trinajstić information content (AvgIpc) is 2.78. The van der Waals surface area contributed by atoms with Crippen LogP contribution in [-0.2, 0) is 6.18 Å². The maximum atomic E-state index is 12.9. The monoisotopic (exact) mass is 435 g/mol. The molecule has 0 saturated heterocycles. The van der Waals surface area contributed by atoms with Crippen molar-refractivity contribution >= 4 is 0 Å².